The number of carbonyl (C=O) groups is 1. The van der Waals surface area contributed by atoms with E-state index in [2.05, 4.69) is 16.6 Å². The Morgan fingerprint density at radius 1 is 1.36 bits per heavy atom. The van der Waals surface area contributed by atoms with Crippen LogP contribution in [0.3, 0.4) is 0 Å². The summed E-state index contributed by atoms with van der Waals surface area (Å²) < 4.78 is 4.39. The van der Waals surface area contributed by atoms with Crippen LogP contribution in [0, 0.1) is 11.8 Å². The topological polar surface area (TPSA) is 26.3 Å². The van der Waals surface area contributed by atoms with E-state index >= 15 is 0 Å². The minimum atomic E-state index is -0.474. The second-order valence-corrected chi connectivity index (χ2v) is 2.78. The Labute approximate surface area is 83.9 Å². The first-order chi connectivity index (χ1) is 6.83. The minimum absolute atomic E-state index is 0.474. The molecule has 14 heavy (non-hydrogen) atoms. The predicted octanol–water partition coefficient (Wildman–Crippen LogP) is 1.80. The van der Waals surface area contributed by atoms with Gasteiger partial charge in [0.1, 0.15) is 0 Å². The zero-order chi connectivity index (χ0) is 10.2. The molecule has 0 saturated heterocycles. The number of rotatable bonds is 2. The van der Waals surface area contributed by atoms with Crippen LogP contribution in [0.4, 0.5) is 0 Å². The smallest absolute Gasteiger partial charge is 0.384 e. The van der Waals surface area contributed by atoms with Crippen LogP contribution in [0.1, 0.15) is 12.0 Å². The fourth-order valence-electron chi connectivity index (χ4n) is 1.04. The van der Waals surface area contributed by atoms with Crippen LogP contribution in [0.2, 0.25) is 0 Å². The van der Waals surface area contributed by atoms with Gasteiger partial charge in [-0.25, -0.2) is 4.79 Å². The van der Waals surface area contributed by atoms with Gasteiger partial charge in [-0.3, -0.25) is 0 Å². The van der Waals surface area contributed by atoms with E-state index in [1.54, 1.807) is 0 Å². The minimum Gasteiger partial charge on any atom is -0.459 e. The third-order valence-electron chi connectivity index (χ3n) is 1.76. The highest BCUT2D eigenvalue weighted by Crippen LogP contribution is 2.00. The second-order valence-electron chi connectivity index (χ2n) is 2.78. The maximum absolute atomic E-state index is 10.6. The van der Waals surface area contributed by atoms with Crippen molar-refractivity contribution >= 4 is 5.97 Å². The molecule has 0 aliphatic heterocycles. The molecule has 0 bridgehead atoms. The van der Waals surface area contributed by atoms with Crippen LogP contribution in [0.25, 0.3) is 0 Å². The van der Waals surface area contributed by atoms with E-state index in [-0.39, 0.29) is 0 Å². The van der Waals surface area contributed by atoms with Crippen molar-refractivity contribution in [2.75, 3.05) is 7.11 Å². The summed E-state index contributed by atoms with van der Waals surface area (Å²) in [6, 6.07) is 10.0. The van der Waals surface area contributed by atoms with Gasteiger partial charge in [0.2, 0.25) is 0 Å². The van der Waals surface area contributed by atoms with Gasteiger partial charge in [-0.05, 0) is 12.0 Å². The molecule has 0 spiro atoms. The van der Waals surface area contributed by atoms with Crippen molar-refractivity contribution in [1.29, 1.82) is 0 Å². The van der Waals surface area contributed by atoms with Crippen molar-refractivity contribution < 1.29 is 9.53 Å². The molecule has 0 aromatic heterocycles. The summed E-state index contributed by atoms with van der Waals surface area (Å²) in [5.41, 5.74) is 1.23. The Balaban J connectivity index is 2.34. The van der Waals surface area contributed by atoms with Gasteiger partial charge < -0.3 is 4.74 Å². The summed E-state index contributed by atoms with van der Waals surface area (Å²) >= 11 is 0. The third kappa shape index (κ3) is 3.77. The van der Waals surface area contributed by atoms with E-state index in [0.29, 0.717) is 6.42 Å². The average Bonchev–Trinajstić information content (AvgIpc) is 2.25. The largest absolute Gasteiger partial charge is 0.459 e. The number of carbonyl (C=O) groups excluding carboxylic acids is 1. The summed E-state index contributed by atoms with van der Waals surface area (Å²) in [5, 5.41) is 0. The number of hydrogen-bond donors (Lipinski definition) is 0. The Morgan fingerprint density at radius 3 is 2.71 bits per heavy atom. The lowest BCUT2D eigenvalue weighted by molar-refractivity contribution is -0.133. The molecular weight excluding hydrogens is 176 g/mol. The highest BCUT2D eigenvalue weighted by molar-refractivity contribution is 5.88. The van der Waals surface area contributed by atoms with Gasteiger partial charge in [0, 0.05) is 12.3 Å². The second kappa shape index (κ2) is 5.82. The molecule has 72 valence electrons. The van der Waals surface area contributed by atoms with Gasteiger partial charge in [0.15, 0.2) is 0 Å². The Bertz CT molecular complexity index is 344. The molecule has 0 heterocycles. The molecule has 0 saturated carbocycles. The summed E-state index contributed by atoms with van der Waals surface area (Å²) in [6.45, 7) is 0. The van der Waals surface area contributed by atoms with Gasteiger partial charge in [-0.15, -0.1) is 0 Å². The fraction of sp³-hybridized carbons (Fsp3) is 0.250. The molecule has 0 atom stereocenters. The highest BCUT2D eigenvalue weighted by Gasteiger charge is 1.90. The summed E-state index contributed by atoms with van der Waals surface area (Å²) in [7, 11) is 1.33. The molecule has 0 amide bonds. The van der Waals surface area contributed by atoms with Crippen molar-refractivity contribution in [2.24, 2.45) is 0 Å². The molecule has 1 aromatic carbocycles. The number of ether oxygens (including phenoxy) is 1. The zero-order valence-corrected chi connectivity index (χ0v) is 8.12. The van der Waals surface area contributed by atoms with Crippen molar-refractivity contribution in [3.8, 4) is 11.8 Å². The van der Waals surface area contributed by atoms with Crippen LogP contribution in [-0.2, 0) is 16.0 Å². The monoisotopic (exact) mass is 188 g/mol. The Morgan fingerprint density at radius 2 is 2.07 bits per heavy atom. The molecule has 1 rings (SSSR count). The maximum Gasteiger partial charge on any atom is 0.384 e. The molecular formula is C12H12O2. The first-order valence-electron chi connectivity index (χ1n) is 4.43. The van der Waals surface area contributed by atoms with E-state index in [1.807, 2.05) is 30.3 Å². The molecule has 0 aliphatic rings. The lowest BCUT2D eigenvalue weighted by Crippen LogP contribution is -1.94. The molecule has 1 aromatic rings. The van der Waals surface area contributed by atoms with Crippen molar-refractivity contribution in [1.82, 2.24) is 0 Å². The number of benzene rings is 1. The molecule has 0 fully saturated rings. The van der Waals surface area contributed by atoms with E-state index in [4.69, 9.17) is 0 Å². The summed E-state index contributed by atoms with van der Waals surface area (Å²) in [4.78, 5) is 10.6. The standard InChI is InChI=1S/C12H12O2/c1-14-12(13)10-6-5-9-11-7-3-2-4-8-11/h2-4,7-8H,5,9H2,1H3. The van der Waals surface area contributed by atoms with Crippen molar-refractivity contribution in [2.45, 2.75) is 12.8 Å². The van der Waals surface area contributed by atoms with Crippen molar-refractivity contribution in [3.05, 3.63) is 35.9 Å². The SMILES string of the molecule is COC(=O)C#CCCc1ccccc1. The van der Waals surface area contributed by atoms with Crippen LogP contribution in [-0.4, -0.2) is 13.1 Å². The van der Waals surface area contributed by atoms with Crippen molar-refractivity contribution in [3.63, 3.8) is 0 Å². The van der Waals surface area contributed by atoms with Crippen LogP contribution in [0.15, 0.2) is 30.3 Å². The van der Waals surface area contributed by atoms with E-state index in [9.17, 15) is 4.79 Å². The lowest BCUT2D eigenvalue weighted by atomic mass is 10.1. The van der Waals surface area contributed by atoms with E-state index in [1.165, 1.54) is 12.7 Å². The number of hydrogen-bond acceptors (Lipinski definition) is 2. The highest BCUT2D eigenvalue weighted by atomic mass is 16.5. The molecule has 0 unspecified atom stereocenters. The third-order valence-corrected chi connectivity index (χ3v) is 1.76. The Kier molecular flexibility index (Phi) is 4.30. The Hall–Kier alpha value is -1.75. The first-order valence-corrected chi connectivity index (χ1v) is 4.43. The fourth-order valence-corrected chi connectivity index (χ4v) is 1.04. The van der Waals surface area contributed by atoms with Gasteiger partial charge in [0.25, 0.3) is 0 Å². The van der Waals surface area contributed by atoms with Gasteiger partial charge in [-0.2, -0.15) is 0 Å². The van der Waals surface area contributed by atoms with E-state index in [0.717, 1.165) is 6.42 Å². The van der Waals surface area contributed by atoms with E-state index < -0.39 is 5.97 Å². The van der Waals surface area contributed by atoms with Gasteiger partial charge >= 0.3 is 5.97 Å². The van der Waals surface area contributed by atoms with Crippen LogP contribution >= 0.6 is 0 Å². The normalized spacial score (nSPS) is 8.64. The number of esters is 1. The van der Waals surface area contributed by atoms with Gasteiger partial charge in [0.05, 0.1) is 7.11 Å². The quantitative estimate of drug-likeness (QED) is 0.402. The lowest BCUT2D eigenvalue weighted by Gasteiger charge is -1.94. The molecule has 0 N–H and O–H groups in total. The first kappa shape index (κ1) is 10.3. The van der Waals surface area contributed by atoms with Crippen LogP contribution in [0.5, 0.6) is 0 Å². The molecule has 0 aliphatic carbocycles. The number of methoxy groups -OCH3 is 1. The predicted molar refractivity (Wildman–Crippen MR) is 54.6 cm³/mol. The molecule has 2 heteroatoms. The van der Waals surface area contributed by atoms with Gasteiger partial charge in [-0.1, -0.05) is 36.3 Å². The maximum atomic E-state index is 10.6. The summed E-state index contributed by atoms with van der Waals surface area (Å²) in [6.07, 6.45) is 1.55. The molecule has 0 radical (unpaired) electrons. The average molecular weight is 188 g/mol. The summed E-state index contributed by atoms with van der Waals surface area (Å²) in [5.74, 6) is 4.68. The zero-order valence-electron chi connectivity index (χ0n) is 8.12. The molecule has 2 nitrogen and oxygen atoms in total. The van der Waals surface area contributed by atoms with Crippen LogP contribution < -0.4 is 0 Å². The number of aryl methyl sites for hydroxylation is 1.